The summed E-state index contributed by atoms with van der Waals surface area (Å²) in [5.74, 6) is 0.354. The van der Waals surface area contributed by atoms with Crippen LogP contribution in [0.1, 0.15) is 5.56 Å². The van der Waals surface area contributed by atoms with Crippen molar-refractivity contribution < 1.29 is 17.9 Å². The fraction of sp³-hybridized carbons (Fsp3) is 0.435. The first-order valence-electron chi connectivity index (χ1n) is 10.8. The zero-order chi connectivity index (χ0) is 23.4. The number of nitrogens with zero attached hydrogens (tertiary/aromatic N) is 5. The third-order valence-electron chi connectivity index (χ3n) is 5.50. The van der Waals surface area contributed by atoms with Crippen molar-refractivity contribution in [3.05, 3.63) is 48.3 Å². The standard InChI is InChI=1S/C23H29N5O4S/c1-27(2)11-8-17-4-6-18(7-5-17)20-14-21-22(25-10-9-24-21)23(26-20)32-16-19-15-28(12-13-31-19)33(3,29)30/h4-7,9-10,14,19H,8,11-13,15-16H2,1-3H3. The zero-order valence-corrected chi connectivity index (χ0v) is 20.0. The molecule has 3 heterocycles. The van der Waals surface area contributed by atoms with E-state index in [1.165, 1.54) is 16.1 Å². The van der Waals surface area contributed by atoms with Crippen molar-refractivity contribution in [2.75, 3.05) is 53.2 Å². The maximum atomic E-state index is 11.9. The van der Waals surface area contributed by atoms with Crippen LogP contribution >= 0.6 is 0 Å². The third-order valence-corrected chi connectivity index (χ3v) is 6.77. The van der Waals surface area contributed by atoms with Gasteiger partial charge in [0.1, 0.15) is 12.7 Å². The highest BCUT2D eigenvalue weighted by molar-refractivity contribution is 7.88. The number of hydrogen-bond acceptors (Lipinski definition) is 8. The van der Waals surface area contributed by atoms with Crippen LogP contribution < -0.4 is 4.74 Å². The molecule has 0 aliphatic carbocycles. The van der Waals surface area contributed by atoms with E-state index in [4.69, 9.17) is 14.5 Å². The van der Waals surface area contributed by atoms with Gasteiger partial charge < -0.3 is 14.4 Å². The van der Waals surface area contributed by atoms with E-state index in [2.05, 4.69) is 41.1 Å². The van der Waals surface area contributed by atoms with E-state index < -0.39 is 10.0 Å². The van der Waals surface area contributed by atoms with Gasteiger partial charge in [-0.15, -0.1) is 0 Å². The van der Waals surface area contributed by atoms with Crippen LogP contribution in [-0.4, -0.2) is 91.9 Å². The number of hydrogen-bond donors (Lipinski definition) is 0. The molecule has 176 valence electrons. The number of benzene rings is 1. The Morgan fingerprint density at radius 3 is 2.67 bits per heavy atom. The Balaban J connectivity index is 1.55. The second-order valence-corrected chi connectivity index (χ2v) is 10.4. The predicted molar refractivity (Wildman–Crippen MR) is 127 cm³/mol. The third kappa shape index (κ3) is 6.02. The normalized spacial score (nSPS) is 17.5. The fourth-order valence-electron chi connectivity index (χ4n) is 3.65. The van der Waals surface area contributed by atoms with E-state index >= 15 is 0 Å². The molecular weight excluding hydrogens is 442 g/mol. The molecule has 0 spiro atoms. The summed E-state index contributed by atoms with van der Waals surface area (Å²) in [5.41, 5.74) is 4.18. The Morgan fingerprint density at radius 1 is 1.18 bits per heavy atom. The lowest BCUT2D eigenvalue weighted by Gasteiger charge is -2.30. The summed E-state index contributed by atoms with van der Waals surface area (Å²) in [5, 5.41) is 0. The second kappa shape index (κ2) is 10.1. The van der Waals surface area contributed by atoms with Crippen LogP contribution in [0.15, 0.2) is 42.7 Å². The first-order chi connectivity index (χ1) is 15.8. The summed E-state index contributed by atoms with van der Waals surface area (Å²) in [6.45, 7) is 2.08. The number of rotatable bonds is 8. The molecule has 0 saturated carbocycles. The fourth-order valence-corrected chi connectivity index (χ4v) is 4.50. The number of likely N-dealkylation sites (N-methyl/N-ethyl adjacent to an activating group) is 1. The molecule has 0 amide bonds. The molecule has 1 aliphatic heterocycles. The SMILES string of the molecule is CN(C)CCc1ccc(-c2cc3nccnc3c(OCC3CN(S(C)(=O)=O)CCO3)n2)cc1. The average molecular weight is 472 g/mol. The predicted octanol–water partition coefficient (Wildman–Crippen LogP) is 1.84. The van der Waals surface area contributed by atoms with E-state index in [-0.39, 0.29) is 19.3 Å². The summed E-state index contributed by atoms with van der Waals surface area (Å²) < 4.78 is 36.9. The van der Waals surface area contributed by atoms with Crippen molar-refractivity contribution >= 4 is 21.1 Å². The van der Waals surface area contributed by atoms with Crippen molar-refractivity contribution in [3.8, 4) is 17.1 Å². The van der Waals surface area contributed by atoms with Gasteiger partial charge in [0.15, 0.2) is 5.52 Å². The van der Waals surface area contributed by atoms with Gasteiger partial charge in [-0.1, -0.05) is 24.3 Å². The largest absolute Gasteiger partial charge is 0.473 e. The first-order valence-corrected chi connectivity index (χ1v) is 12.7. The summed E-state index contributed by atoms with van der Waals surface area (Å²) in [7, 11) is 0.850. The number of fused-ring (bicyclic) bond motifs is 1. The Labute approximate surface area is 194 Å². The molecule has 33 heavy (non-hydrogen) atoms. The van der Waals surface area contributed by atoms with Crippen LogP contribution in [0.5, 0.6) is 5.88 Å². The van der Waals surface area contributed by atoms with Crippen LogP contribution in [0.3, 0.4) is 0 Å². The molecule has 9 nitrogen and oxygen atoms in total. The van der Waals surface area contributed by atoms with Crippen molar-refractivity contribution in [2.24, 2.45) is 0 Å². The molecule has 10 heteroatoms. The highest BCUT2D eigenvalue weighted by Crippen LogP contribution is 2.27. The minimum absolute atomic E-state index is 0.164. The molecule has 0 bridgehead atoms. The molecule has 0 N–H and O–H groups in total. The van der Waals surface area contributed by atoms with Gasteiger partial charge in [0, 0.05) is 37.6 Å². The van der Waals surface area contributed by atoms with E-state index in [0.717, 1.165) is 24.2 Å². The summed E-state index contributed by atoms with van der Waals surface area (Å²) >= 11 is 0. The molecule has 4 rings (SSSR count). The quantitative estimate of drug-likeness (QED) is 0.491. The van der Waals surface area contributed by atoms with Gasteiger partial charge in [-0.25, -0.2) is 18.4 Å². The van der Waals surface area contributed by atoms with Gasteiger partial charge in [-0.05, 0) is 32.1 Å². The Bertz CT molecular complexity index is 1200. The first kappa shape index (κ1) is 23.5. The highest BCUT2D eigenvalue weighted by atomic mass is 32.2. The monoisotopic (exact) mass is 471 g/mol. The molecule has 1 aromatic carbocycles. The van der Waals surface area contributed by atoms with E-state index in [9.17, 15) is 8.42 Å². The van der Waals surface area contributed by atoms with Crippen LogP contribution in [0.25, 0.3) is 22.3 Å². The molecule has 1 unspecified atom stereocenters. The van der Waals surface area contributed by atoms with Gasteiger partial charge >= 0.3 is 0 Å². The maximum absolute atomic E-state index is 11.9. The van der Waals surface area contributed by atoms with E-state index in [1.54, 1.807) is 12.4 Å². The number of aromatic nitrogens is 3. The van der Waals surface area contributed by atoms with Gasteiger partial charge in [-0.2, -0.15) is 4.31 Å². The highest BCUT2D eigenvalue weighted by Gasteiger charge is 2.27. The van der Waals surface area contributed by atoms with Gasteiger partial charge in [-0.3, -0.25) is 4.98 Å². The topological polar surface area (TPSA) is 97.8 Å². The minimum atomic E-state index is -3.27. The smallest absolute Gasteiger partial charge is 0.242 e. The van der Waals surface area contributed by atoms with Crippen LogP contribution in [0.2, 0.25) is 0 Å². The van der Waals surface area contributed by atoms with Gasteiger partial charge in [0.25, 0.3) is 0 Å². The van der Waals surface area contributed by atoms with Crippen molar-refractivity contribution in [1.29, 1.82) is 0 Å². The molecule has 1 atom stereocenters. The molecular formula is C23H29N5O4S. The van der Waals surface area contributed by atoms with Crippen molar-refractivity contribution in [2.45, 2.75) is 12.5 Å². The molecule has 1 fully saturated rings. The molecule has 2 aromatic heterocycles. The summed E-state index contributed by atoms with van der Waals surface area (Å²) in [4.78, 5) is 15.7. The van der Waals surface area contributed by atoms with Gasteiger partial charge in [0.2, 0.25) is 15.9 Å². The van der Waals surface area contributed by atoms with Crippen LogP contribution in [0, 0.1) is 0 Å². The number of sulfonamides is 1. The molecule has 1 saturated heterocycles. The van der Waals surface area contributed by atoms with Crippen molar-refractivity contribution in [1.82, 2.24) is 24.2 Å². The van der Waals surface area contributed by atoms with Gasteiger partial charge in [0.05, 0.1) is 24.1 Å². The Morgan fingerprint density at radius 2 is 1.94 bits per heavy atom. The molecule has 1 aliphatic rings. The maximum Gasteiger partial charge on any atom is 0.242 e. The number of ether oxygens (including phenoxy) is 2. The summed E-state index contributed by atoms with van der Waals surface area (Å²) in [6, 6.07) is 10.2. The number of morpholine rings is 1. The minimum Gasteiger partial charge on any atom is -0.473 e. The van der Waals surface area contributed by atoms with E-state index in [0.29, 0.717) is 30.1 Å². The van der Waals surface area contributed by atoms with Crippen LogP contribution in [0.4, 0.5) is 0 Å². The van der Waals surface area contributed by atoms with E-state index in [1.807, 2.05) is 18.2 Å². The second-order valence-electron chi connectivity index (χ2n) is 8.41. The zero-order valence-electron chi connectivity index (χ0n) is 19.1. The Hall–Kier alpha value is -2.66. The lowest BCUT2D eigenvalue weighted by Crippen LogP contribution is -2.47. The molecule has 3 aromatic rings. The Kier molecular flexibility index (Phi) is 7.18. The molecule has 0 radical (unpaired) electrons. The lowest BCUT2D eigenvalue weighted by molar-refractivity contribution is -0.0252. The average Bonchev–Trinajstić information content (AvgIpc) is 2.81. The van der Waals surface area contributed by atoms with Crippen LogP contribution in [-0.2, 0) is 21.2 Å². The number of pyridine rings is 1. The summed E-state index contributed by atoms with van der Waals surface area (Å²) in [6.07, 6.45) is 5.02. The lowest BCUT2D eigenvalue weighted by atomic mass is 10.1. The van der Waals surface area contributed by atoms with Crippen molar-refractivity contribution in [3.63, 3.8) is 0 Å².